The van der Waals surface area contributed by atoms with E-state index >= 15 is 0 Å². The van der Waals surface area contributed by atoms with E-state index in [-0.39, 0.29) is 0 Å². The number of hydrogen-bond acceptors (Lipinski definition) is 2. The molecule has 19 heavy (non-hydrogen) atoms. The van der Waals surface area contributed by atoms with Crippen LogP contribution in [0.4, 0.5) is 23.7 Å². The van der Waals surface area contributed by atoms with Crippen LogP contribution < -0.4 is 10.2 Å². The van der Waals surface area contributed by atoms with Crippen LogP contribution in [0, 0.1) is 11.3 Å². The van der Waals surface area contributed by atoms with Crippen molar-refractivity contribution in [3.8, 4) is 6.07 Å². The van der Waals surface area contributed by atoms with Crippen molar-refractivity contribution in [2.45, 2.75) is 19.1 Å². The molecule has 0 aliphatic carbocycles. The second kappa shape index (κ2) is 5.61. The highest BCUT2D eigenvalue weighted by Gasteiger charge is 2.30. The maximum atomic E-state index is 12.4. The Balaban J connectivity index is 2.81. The molecule has 1 atom stereocenters. The van der Waals surface area contributed by atoms with E-state index in [0.717, 1.165) is 17.0 Å². The number of rotatable bonds is 2. The molecule has 1 aromatic carbocycles. The molecule has 2 amide bonds. The summed E-state index contributed by atoms with van der Waals surface area (Å²) in [5, 5.41) is 10.9. The second-order valence-electron chi connectivity index (χ2n) is 3.90. The van der Waals surface area contributed by atoms with Crippen molar-refractivity contribution in [1.82, 2.24) is 5.32 Å². The van der Waals surface area contributed by atoms with Crippen molar-refractivity contribution in [3.63, 3.8) is 0 Å². The third-order valence-corrected chi connectivity index (χ3v) is 2.42. The zero-order valence-corrected chi connectivity index (χ0v) is 10.3. The summed E-state index contributed by atoms with van der Waals surface area (Å²) >= 11 is 0. The third-order valence-electron chi connectivity index (χ3n) is 2.42. The summed E-state index contributed by atoms with van der Waals surface area (Å²) in [4.78, 5) is 12.8. The largest absolute Gasteiger partial charge is 0.416 e. The Morgan fingerprint density at radius 3 is 2.32 bits per heavy atom. The maximum Gasteiger partial charge on any atom is 0.416 e. The van der Waals surface area contributed by atoms with Crippen LogP contribution >= 0.6 is 0 Å². The Morgan fingerprint density at radius 1 is 1.37 bits per heavy atom. The summed E-state index contributed by atoms with van der Waals surface area (Å²) < 4.78 is 37.1. The van der Waals surface area contributed by atoms with Crippen molar-refractivity contribution in [2.24, 2.45) is 0 Å². The number of anilines is 1. The van der Waals surface area contributed by atoms with E-state index in [1.54, 1.807) is 0 Å². The molecule has 1 rings (SSSR count). The smallest absolute Gasteiger partial charge is 0.322 e. The Kier molecular flexibility index (Phi) is 4.38. The molecule has 0 fully saturated rings. The number of benzene rings is 1. The number of nitrogens with zero attached hydrogens (tertiary/aromatic N) is 2. The summed E-state index contributed by atoms with van der Waals surface area (Å²) in [5.74, 6) is 0. The van der Waals surface area contributed by atoms with E-state index in [2.05, 4.69) is 5.32 Å². The van der Waals surface area contributed by atoms with Gasteiger partial charge in [0.2, 0.25) is 0 Å². The van der Waals surface area contributed by atoms with Crippen molar-refractivity contribution < 1.29 is 18.0 Å². The van der Waals surface area contributed by atoms with E-state index < -0.39 is 23.8 Å². The molecule has 0 saturated heterocycles. The van der Waals surface area contributed by atoms with Gasteiger partial charge in [0, 0.05) is 12.7 Å². The highest BCUT2D eigenvalue weighted by molar-refractivity contribution is 5.91. The fourth-order valence-electron chi connectivity index (χ4n) is 1.31. The predicted octanol–water partition coefficient (Wildman–Crippen LogP) is 2.76. The first-order valence-corrected chi connectivity index (χ1v) is 5.37. The Hall–Kier alpha value is -2.23. The van der Waals surface area contributed by atoms with E-state index in [0.29, 0.717) is 5.69 Å². The van der Waals surface area contributed by atoms with Gasteiger partial charge in [-0.05, 0) is 31.2 Å². The zero-order chi connectivity index (χ0) is 14.6. The van der Waals surface area contributed by atoms with Gasteiger partial charge >= 0.3 is 12.2 Å². The van der Waals surface area contributed by atoms with Gasteiger partial charge in [0.05, 0.1) is 11.6 Å². The molecule has 1 N–H and O–H groups in total. The van der Waals surface area contributed by atoms with E-state index in [1.807, 2.05) is 6.07 Å². The Morgan fingerprint density at radius 2 is 1.89 bits per heavy atom. The maximum absolute atomic E-state index is 12.4. The van der Waals surface area contributed by atoms with Gasteiger partial charge in [-0.3, -0.25) is 4.90 Å². The lowest BCUT2D eigenvalue weighted by Gasteiger charge is -2.19. The lowest BCUT2D eigenvalue weighted by Crippen LogP contribution is -2.41. The summed E-state index contributed by atoms with van der Waals surface area (Å²) in [6, 6.07) is 4.77. The topological polar surface area (TPSA) is 56.1 Å². The SMILES string of the molecule is C[C@@H](C#N)NC(=O)N(C)c1ccc(C(F)(F)F)cc1. The lowest BCUT2D eigenvalue weighted by atomic mass is 10.2. The minimum atomic E-state index is -4.41. The van der Waals surface area contributed by atoms with Crippen molar-refractivity contribution in [2.75, 3.05) is 11.9 Å². The molecule has 1 aromatic rings. The molecule has 102 valence electrons. The van der Waals surface area contributed by atoms with Crippen LogP contribution in [-0.2, 0) is 6.18 Å². The first-order chi connectivity index (χ1) is 8.75. The number of nitriles is 1. The van der Waals surface area contributed by atoms with Crippen LogP contribution in [0.2, 0.25) is 0 Å². The van der Waals surface area contributed by atoms with Gasteiger partial charge in [-0.1, -0.05) is 0 Å². The van der Waals surface area contributed by atoms with E-state index in [1.165, 1.54) is 26.1 Å². The average Bonchev–Trinajstić information content (AvgIpc) is 2.36. The van der Waals surface area contributed by atoms with Gasteiger partial charge in [0.25, 0.3) is 0 Å². The van der Waals surface area contributed by atoms with Gasteiger partial charge in [-0.25, -0.2) is 4.79 Å². The number of amides is 2. The molecule has 4 nitrogen and oxygen atoms in total. The lowest BCUT2D eigenvalue weighted by molar-refractivity contribution is -0.137. The quantitative estimate of drug-likeness (QED) is 0.899. The van der Waals surface area contributed by atoms with E-state index in [4.69, 9.17) is 5.26 Å². The molecular weight excluding hydrogens is 259 g/mol. The van der Waals surface area contributed by atoms with Crippen LogP contribution in [-0.4, -0.2) is 19.1 Å². The summed E-state index contributed by atoms with van der Waals surface area (Å²) in [6.07, 6.45) is -4.41. The average molecular weight is 271 g/mol. The standard InChI is InChI=1S/C12H12F3N3O/c1-8(7-16)17-11(19)18(2)10-5-3-9(4-6-10)12(13,14)15/h3-6,8H,1-2H3,(H,17,19)/t8-/m0/s1. The number of alkyl halides is 3. The second-order valence-corrected chi connectivity index (χ2v) is 3.90. The summed E-state index contributed by atoms with van der Waals surface area (Å²) in [5.41, 5.74) is -0.480. The van der Waals surface area contributed by atoms with Crippen LogP contribution in [0.25, 0.3) is 0 Å². The molecule has 0 bridgehead atoms. The van der Waals surface area contributed by atoms with Crippen molar-refractivity contribution in [3.05, 3.63) is 29.8 Å². The minimum Gasteiger partial charge on any atom is -0.322 e. The van der Waals surface area contributed by atoms with Crippen LogP contribution in [0.3, 0.4) is 0 Å². The Labute approximate surface area is 108 Å². The van der Waals surface area contributed by atoms with Crippen LogP contribution in [0.1, 0.15) is 12.5 Å². The van der Waals surface area contributed by atoms with Crippen molar-refractivity contribution in [1.29, 1.82) is 5.26 Å². The monoisotopic (exact) mass is 271 g/mol. The molecule has 0 aromatic heterocycles. The molecule has 0 aliphatic heterocycles. The summed E-state index contributed by atoms with van der Waals surface area (Å²) in [6.45, 7) is 1.50. The first-order valence-electron chi connectivity index (χ1n) is 5.37. The summed E-state index contributed by atoms with van der Waals surface area (Å²) in [7, 11) is 1.40. The molecule has 7 heteroatoms. The molecule has 0 spiro atoms. The van der Waals surface area contributed by atoms with E-state index in [9.17, 15) is 18.0 Å². The van der Waals surface area contributed by atoms with Gasteiger partial charge in [-0.15, -0.1) is 0 Å². The predicted molar refractivity (Wildman–Crippen MR) is 63.5 cm³/mol. The fraction of sp³-hybridized carbons (Fsp3) is 0.333. The normalized spacial score (nSPS) is 12.4. The molecule has 0 heterocycles. The Bertz CT molecular complexity index is 490. The number of carbonyl (C=O) groups excluding carboxylic acids is 1. The number of carbonyl (C=O) groups is 1. The highest BCUT2D eigenvalue weighted by Crippen LogP contribution is 2.30. The van der Waals surface area contributed by atoms with Gasteiger partial charge < -0.3 is 5.32 Å². The van der Waals surface area contributed by atoms with Gasteiger partial charge in [0.15, 0.2) is 0 Å². The molecule has 0 radical (unpaired) electrons. The third kappa shape index (κ3) is 3.88. The number of hydrogen-bond donors (Lipinski definition) is 1. The zero-order valence-electron chi connectivity index (χ0n) is 10.3. The van der Waals surface area contributed by atoms with Crippen molar-refractivity contribution >= 4 is 11.7 Å². The minimum absolute atomic E-state index is 0.302. The fourth-order valence-corrected chi connectivity index (χ4v) is 1.31. The van der Waals surface area contributed by atoms with Crippen LogP contribution in [0.5, 0.6) is 0 Å². The molecule has 0 unspecified atom stereocenters. The number of nitrogens with one attached hydrogen (secondary N) is 1. The molecular formula is C12H12F3N3O. The highest BCUT2D eigenvalue weighted by atomic mass is 19.4. The number of halogens is 3. The first kappa shape index (κ1) is 14.8. The molecule has 0 saturated carbocycles. The number of urea groups is 1. The molecule has 0 aliphatic rings. The van der Waals surface area contributed by atoms with Crippen LogP contribution in [0.15, 0.2) is 24.3 Å². The van der Waals surface area contributed by atoms with Gasteiger partial charge in [0.1, 0.15) is 6.04 Å². The van der Waals surface area contributed by atoms with Gasteiger partial charge in [-0.2, -0.15) is 18.4 Å².